The fraction of sp³-hybridized carbons (Fsp3) is 0.455. The van der Waals surface area contributed by atoms with Crippen LogP contribution in [0, 0.1) is 0 Å². The molecule has 3 nitrogen and oxygen atoms in total. The zero-order chi connectivity index (χ0) is 10.5. The van der Waals surface area contributed by atoms with E-state index in [0.29, 0.717) is 0 Å². The number of β-amino-alcohol motifs (C(OH)–C–C–N with tert-alkyl or cyclic N) is 1. The van der Waals surface area contributed by atoms with Crippen molar-refractivity contribution in [2.24, 2.45) is 0 Å². The third-order valence-electron chi connectivity index (χ3n) is 2.38. The van der Waals surface area contributed by atoms with Crippen molar-refractivity contribution in [3.63, 3.8) is 0 Å². The number of aliphatic hydroxyl groups excluding tert-OH is 1. The standard InChI is InChI=1S/C11H16N2OS/c14-9-8-12-6-7-13(15-12)10-11-4-2-1-3-5-11/h1-5,14H,6-10H2. The molecule has 1 aliphatic heterocycles. The van der Waals surface area contributed by atoms with Crippen LogP contribution in [0.15, 0.2) is 30.3 Å². The Kier molecular flexibility index (Phi) is 4.02. The van der Waals surface area contributed by atoms with Crippen molar-refractivity contribution in [2.45, 2.75) is 6.54 Å². The predicted molar refractivity (Wildman–Crippen MR) is 63.1 cm³/mol. The molecule has 1 aliphatic rings. The van der Waals surface area contributed by atoms with Gasteiger partial charge in [0.05, 0.1) is 6.61 Å². The van der Waals surface area contributed by atoms with Gasteiger partial charge in [-0.25, -0.2) is 8.61 Å². The minimum atomic E-state index is 0.242. The molecule has 0 amide bonds. The van der Waals surface area contributed by atoms with E-state index in [4.69, 9.17) is 5.11 Å². The quantitative estimate of drug-likeness (QED) is 0.781. The van der Waals surface area contributed by atoms with Crippen LogP contribution in [-0.4, -0.2) is 40.0 Å². The zero-order valence-corrected chi connectivity index (χ0v) is 9.49. The molecule has 1 saturated heterocycles. The molecule has 4 heteroatoms. The van der Waals surface area contributed by atoms with Crippen molar-refractivity contribution in [1.82, 2.24) is 8.61 Å². The van der Waals surface area contributed by atoms with Gasteiger partial charge < -0.3 is 5.11 Å². The molecule has 15 heavy (non-hydrogen) atoms. The van der Waals surface area contributed by atoms with Gasteiger partial charge in [0.25, 0.3) is 0 Å². The van der Waals surface area contributed by atoms with Crippen LogP contribution in [0.5, 0.6) is 0 Å². The lowest BCUT2D eigenvalue weighted by molar-refractivity contribution is 0.266. The Hall–Kier alpha value is -0.550. The summed E-state index contributed by atoms with van der Waals surface area (Å²) in [5, 5.41) is 8.83. The number of benzene rings is 1. The van der Waals surface area contributed by atoms with Gasteiger partial charge in [-0.1, -0.05) is 30.3 Å². The molecule has 0 unspecified atom stereocenters. The highest BCUT2D eigenvalue weighted by molar-refractivity contribution is 7.94. The molecular formula is C11H16N2OS. The Morgan fingerprint density at radius 2 is 1.87 bits per heavy atom. The summed E-state index contributed by atoms with van der Waals surface area (Å²) in [5.74, 6) is 0. The van der Waals surface area contributed by atoms with Gasteiger partial charge in [0, 0.05) is 38.3 Å². The molecule has 1 fully saturated rings. The summed E-state index contributed by atoms with van der Waals surface area (Å²) in [6.07, 6.45) is 0. The van der Waals surface area contributed by atoms with E-state index < -0.39 is 0 Å². The monoisotopic (exact) mass is 224 g/mol. The zero-order valence-electron chi connectivity index (χ0n) is 8.67. The summed E-state index contributed by atoms with van der Waals surface area (Å²) in [4.78, 5) is 0. The minimum absolute atomic E-state index is 0.242. The Balaban J connectivity index is 1.82. The molecule has 0 aromatic heterocycles. The van der Waals surface area contributed by atoms with Crippen LogP contribution >= 0.6 is 12.1 Å². The lowest BCUT2D eigenvalue weighted by Gasteiger charge is -2.15. The van der Waals surface area contributed by atoms with Crippen molar-refractivity contribution in [3.8, 4) is 0 Å². The molecule has 0 saturated carbocycles. The van der Waals surface area contributed by atoms with Gasteiger partial charge >= 0.3 is 0 Å². The molecule has 82 valence electrons. The molecule has 0 aliphatic carbocycles. The third kappa shape index (κ3) is 3.21. The molecule has 0 spiro atoms. The van der Waals surface area contributed by atoms with Crippen LogP contribution in [0.1, 0.15) is 5.56 Å². The van der Waals surface area contributed by atoms with Gasteiger partial charge in [-0.2, -0.15) is 0 Å². The summed E-state index contributed by atoms with van der Waals surface area (Å²) in [6, 6.07) is 10.5. The third-order valence-corrected chi connectivity index (χ3v) is 3.52. The van der Waals surface area contributed by atoms with Gasteiger partial charge in [-0.05, 0) is 5.56 Å². The first-order valence-electron chi connectivity index (χ1n) is 5.21. The molecule has 0 radical (unpaired) electrons. The minimum Gasteiger partial charge on any atom is -0.395 e. The van der Waals surface area contributed by atoms with Crippen LogP contribution in [0.25, 0.3) is 0 Å². The molecule has 1 aromatic rings. The van der Waals surface area contributed by atoms with E-state index in [1.54, 1.807) is 12.1 Å². The van der Waals surface area contributed by atoms with Crippen LogP contribution < -0.4 is 0 Å². The maximum atomic E-state index is 8.83. The second-order valence-corrected chi connectivity index (χ2v) is 4.78. The number of aliphatic hydroxyl groups is 1. The first-order chi connectivity index (χ1) is 7.38. The van der Waals surface area contributed by atoms with E-state index in [2.05, 4.69) is 32.9 Å². The van der Waals surface area contributed by atoms with E-state index >= 15 is 0 Å². The highest BCUT2D eigenvalue weighted by Crippen LogP contribution is 2.24. The van der Waals surface area contributed by atoms with E-state index in [9.17, 15) is 0 Å². The van der Waals surface area contributed by atoms with E-state index in [1.807, 2.05) is 6.07 Å². The first kappa shape index (κ1) is 11.0. The van der Waals surface area contributed by atoms with Crippen molar-refractivity contribution in [1.29, 1.82) is 0 Å². The highest BCUT2D eigenvalue weighted by Gasteiger charge is 2.20. The summed E-state index contributed by atoms with van der Waals surface area (Å²) in [6.45, 7) is 4.09. The largest absolute Gasteiger partial charge is 0.395 e. The number of hydrogen-bond donors (Lipinski definition) is 1. The van der Waals surface area contributed by atoms with Gasteiger partial charge in [0.1, 0.15) is 0 Å². The smallest absolute Gasteiger partial charge is 0.0568 e. The second-order valence-electron chi connectivity index (χ2n) is 3.58. The second kappa shape index (κ2) is 5.51. The average Bonchev–Trinajstić information content (AvgIpc) is 2.68. The van der Waals surface area contributed by atoms with Crippen LogP contribution in [-0.2, 0) is 6.54 Å². The molecule has 1 aromatic carbocycles. The fourth-order valence-electron chi connectivity index (χ4n) is 1.63. The Labute approximate surface area is 95.0 Å². The van der Waals surface area contributed by atoms with Crippen molar-refractivity contribution in [2.75, 3.05) is 26.2 Å². The molecular weight excluding hydrogens is 208 g/mol. The van der Waals surface area contributed by atoms with Crippen LogP contribution in [0.3, 0.4) is 0 Å². The van der Waals surface area contributed by atoms with Crippen molar-refractivity contribution >= 4 is 12.1 Å². The van der Waals surface area contributed by atoms with Crippen LogP contribution in [0.4, 0.5) is 0 Å². The molecule has 1 N–H and O–H groups in total. The normalized spacial score (nSPS) is 18.5. The number of hydrogen-bond acceptors (Lipinski definition) is 4. The first-order valence-corrected chi connectivity index (χ1v) is 5.94. The van der Waals surface area contributed by atoms with Gasteiger partial charge in [0.2, 0.25) is 0 Å². The molecule has 0 atom stereocenters. The van der Waals surface area contributed by atoms with E-state index in [0.717, 1.165) is 26.2 Å². The van der Waals surface area contributed by atoms with Gasteiger partial charge in [0.15, 0.2) is 0 Å². The van der Waals surface area contributed by atoms with Crippen LogP contribution in [0.2, 0.25) is 0 Å². The van der Waals surface area contributed by atoms with Crippen molar-refractivity contribution < 1.29 is 5.11 Å². The highest BCUT2D eigenvalue weighted by atomic mass is 32.2. The lowest BCUT2D eigenvalue weighted by atomic mass is 10.2. The van der Waals surface area contributed by atoms with Crippen molar-refractivity contribution in [3.05, 3.63) is 35.9 Å². The van der Waals surface area contributed by atoms with E-state index in [1.165, 1.54) is 5.56 Å². The molecule has 2 rings (SSSR count). The molecule has 1 heterocycles. The summed E-state index contributed by atoms with van der Waals surface area (Å²) in [5.41, 5.74) is 1.34. The summed E-state index contributed by atoms with van der Waals surface area (Å²) < 4.78 is 4.52. The van der Waals surface area contributed by atoms with Gasteiger partial charge in [-0.15, -0.1) is 0 Å². The average molecular weight is 224 g/mol. The van der Waals surface area contributed by atoms with Gasteiger partial charge in [-0.3, -0.25) is 0 Å². The maximum absolute atomic E-state index is 8.83. The molecule has 0 bridgehead atoms. The lowest BCUT2D eigenvalue weighted by Crippen LogP contribution is -2.16. The Morgan fingerprint density at radius 1 is 1.13 bits per heavy atom. The summed E-state index contributed by atoms with van der Waals surface area (Å²) >= 11 is 1.74. The number of rotatable bonds is 4. The summed E-state index contributed by atoms with van der Waals surface area (Å²) in [7, 11) is 0. The predicted octanol–water partition coefficient (Wildman–Crippen LogP) is 1.36. The topological polar surface area (TPSA) is 26.7 Å². The van der Waals surface area contributed by atoms with E-state index in [-0.39, 0.29) is 6.61 Å². The SMILES string of the molecule is OCCN1CCN(Cc2ccccc2)S1. The Bertz CT molecular complexity index is 294. The number of nitrogens with zero attached hydrogens (tertiary/aromatic N) is 2. The maximum Gasteiger partial charge on any atom is 0.0568 e. The Morgan fingerprint density at radius 3 is 2.60 bits per heavy atom. The fourth-order valence-corrected chi connectivity index (χ4v) is 2.65.